The molecule has 0 spiro atoms. The van der Waals surface area contributed by atoms with Crippen molar-refractivity contribution in [3.05, 3.63) is 90.0 Å². The molecule has 6 heteroatoms. The van der Waals surface area contributed by atoms with Crippen LogP contribution in [-0.2, 0) is 10.9 Å². The average molecular weight is 427 g/mol. The fourth-order valence-electron chi connectivity index (χ4n) is 3.47. The summed E-state index contributed by atoms with van der Waals surface area (Å²) in [4.78, 5) is 4.58. The van der Waals surface area contributed by atoms with Gasteiger partial charge in [0.25, 0.3) is 0 Å². The maximum absolute atomic E-state index is 14.2. The second-order valence-corrected chi connectivity index (χ2v) is 9.87. The number of rotatable bonds is 4. The number of halogens is 3. The lowest BCUT2D eigenvalue weighted by atomic mass is 10.1. The third-order valence-corrected chi connectivity index (χ3v) is 7.35. The smallest absolute Gasteiger partial charge is 0.417 e. The third-order valence-electron chi connectivity index (χ3n) is 4.79. The second kappa shape index (κ2) is 7.88. The first-order valence-electron chi connectivity index (χ1n) is 9.60. The highest BCUT2D eigenvalue weighted by Crippen LogP contribution is 2.41. The lowest BCUT2D eigenvalue weighted by Gasteiger charge is -2.25. The molecule has 0 atom stereocenters. The summed E-state index contributed by atoms with van der Waals surface area (Å²) in [5, 5.41) is 1.91. The largest absolute Gasteiger partial charge is 0.475 e. The van der Waals surface area contributed by atoms with E-state index >= 15 is 0 Å². The Morgan fingerprint density at radius 2 is 1.40 bits per heavy atom. The summed E-state index contributed by atoms with van der Waals surface area (Å²) in [7, 11) is -1.48. The van der Waals surface area contributed by atoms with Crippen LogP contribution in [0.1, 0.15) is 25.0 Å². The van der Waals surface area contributed by atoms with Crippen LogP contribution < -0.4 is 15.9 Å². The average Bonchev–Trinajstić information content (AvgIpc) is 3.09. The molecule has 3 aromatic rings. The van der Waals surface area contributed by atoms with Crippen LogP contribution in [0, 0.1) is 0 Å². The molecule has 154 valence electrons. The van der Waals surface area contributed by atoms with Crippen LogP contribution in [0.4, 0.5) is 13.2 Å². The molecule has 0 saturated heterocycles. The van der Waals surface area contributed by atoms with Crippen molar-refractivity contribution in [2.24, 2.45) is 4.99 Å². The Morgan fingerprint density at radius 1 is 0.833 bits per heavy atom. The monoisotopic (exact) mass is 427 g/mol. The van der Waals surface area contributed by atoms with E-state index in [0.717, 1.165) is 16.7 Å². The van der Waals surface area contributed by atoms with Crippen LogP contribution in [0.3, 0.4) is 0 Å². The summed E-state index contributed by atoms with van der Waals surface area (Å²) in [6.45, 7) is 4.15. The van der Waals surface area contributed by atoms with Crippen molar-refractivity contribution in [3.63, 3.8) is 0 Å². The molecule has 2 nitrogen and oxygen atoms in total. The summed E-state index contributed by atoms with van der Waals surface area (Å²) in [5.74, 6) is 0.278. The van der Waals surface area contributed by atoms with E-state index in [4.69, 9.17) is 4.74 Å². The van der Waals surface area contributed by atoms with E-state index in [2.05, 4.69) is 4.99 Å². The maximum Gasteiger partial charge on any atom is 0.417 e. The molecule has 0 radical (unpaired) electrons. The van der Waals surface area contributed by atoms with Gasteiger partial charge in [0.2, 0.25) is 5.90 Å². The summed E-state index contributed by atoms with van der Waals surface area (Å²) in [5.41, 5.74) is -0.702. The zero-order valence-corrected chi connectivity index (χ0v) is 17.5. The third kappa shape index (κ3) is 4.13. The molecule has 1 aliphatic heterocycles. The highest BCUT2D eigenvalue weighted by atomic mass is 31.1. The highest BCUT2D eigenvalue weighted by molar-refractivity contribution is 7.80. The van der Waals surface area contributed by atoms with Crippen LogP contribution in [0.25, 0.3) is 0 Å². The van der Waals surface area contributed by atoms with Crippen molar-refractivity contribution in [1.82, 2.24) is 0 Å². The van der Waals surface area contributed by atoms with Crippen molar-refractivity contribution < 1.29 is 17.9 Å². The predicted octanol–water partition coefficient (Wildman–Crippen LogP) is 5.02. The topological polar surface area (TPSA) is 21.6 Å². The van der Waals surface area contributed by atoms with Gasteiger partial charge in [0.05, 0.1) is 11.1 Å². The van der Waals surface area contributed by atoms with E-state index in [1.54, 1.807) is 6.07 Å². The molecule has 4 rings (SSSR count). The van der Waals surface area contributed by atoms with Gasteiger partial charge in [-0.05, 0) is 44.5 Å². The van der Waals surface area contributed by atoms with Gasteiger partial charge in [0, 0.05) is 10.9 Å². The van der Waals surface area contributed by atoms with E-state index in [1.165, 1.54) is 6.07 Å². The normalized spacial score (nSPS) is 15.7. The molecule has 1 aliphatic rings. The van der Waals surface area contributed by atoms with Gasteiger partial charge in [0.1, 0.15) is 6.61 Å². The van der Waals surface area contributed by atoms with Gasteiger partial charge in [-0.1, -0.05) is 66.7 Å². The number of alkyl halides is 3. The zero-order chi connectivity index (χ0) is 21.4. The first-order chi connectivity index (χ1) is 14.3. The first kappa shape index (κ1) is 20.6. The Balaban J connectivity index is 2.03. The molecule has 0 N–H and O–H groups in total. The minimum atomic E-state index is -4.50. The van der Waals surface area contributed by atoms with E-state index in [9.17, 15) is 13.2 Å². The fraction of sp³-hybridized carbons (Fsp3) is 0.208. The van der Waals surface area contributed by atoms with E-state index in [1.807, 2.05) is 74.5 Å². The predicted molar refractivity (Wildman–Crippen MR) is 117 cm³/mol. The van der Waals surface area contributed by atoms with Crippen molar-refractivity contribution in [3.8, 4) is 0 Å². The first-order valence-corrected chi connectivity index (χ1v) is 10.9. The molecular weight excluding hydrogens is 406 g/mol. The van der Waals surface area contributed by atoms with Crippen LogP contribution in [0.5, 0.6) is 0 Å². The molecule has 30 heavy (non-hydrogen) atoms. The molecule has 0 bridgehead atoms. The van der Waals surface area contributed by atoms with Gasteiger partial charge >= 0.3 is 6.18 Å². The highest BCUT2D eigenvalue weighted by Gasteiger charge is 2.39. The number of aliphatic imine (C=N–C) groups is 1. The Labute approximate surface area is 175 Å². The molecule has 0 saturated carbocycles. The Morgan fingerprint density at radius 3 is 1.87 bits per heavy atom. The van der Waals surface area contributed by atoms with Gasteiger partial charge in [-0.2, -0.15) is 13.2 Å². The van der Waals surface area contributed by atoms with Crippen molar-refractivity contribution >= 4 is 29.7 Å². The molecule has 1 heterocycles. The lowest BCUT2D eigenvalue weighted by molar-refractivity contribution is -0.136. The number of ether oxygens (including phenoxy) is 1. The van der Waals surface area contributed by atoms with E-state index in [0.29, 0.717) is 12.2 Å². The van der Waals surface area contributed by atoms with Gasteiger partial charge in [-0.25, -0.2) is 4.99 Å². The zero-order valence-electron chi connectivity index (χ0n) is 16.6. The summed E-state index contributed by atoms with van der Waals surface area (Å²) < 4.78 is 48.3. The SMILES string of the molecule is CC1(C)COC(c2cccc(C(F)(F)F)c2P(c2ccccc2)c2ccccc2)=N1. The molecule has 3 aromatic carbocycles. The van der Waals surface area contributed by atoms with Gasteiger partial charge in [-0.15, -0.1) is 0 Å². The van der Waals surface area contributed by atoms with Crippen LogP contribution in [0.2, 0.25) is 0 Å². The second-order valence-electron chi connectivity index (χ2n) is 7.72. The fourth-order valence-corrected chi connectivity index (χ4v) is 6.08. The van der Waals surface area contributed by atoms with Gasteiger partial charge < -0.3 is 4.74 Å². The van der Waals surface area contributed by atoms with Gasteiger partial charge in [0.15, 0.2) is 0 Å². The van der Waals surface area contributed by atoms with Crippen LogP contribution in [0.15, 0.2) is 83.9 Å². The number of hydrogen-bond donors (Lipinski definition) is 0. The maximum atomic E-state index is 14.2. The number of benzene rings is 3. The molecule has 0 amide bonds. The minimum Gasteiger partial charge on any atom is -0.475 e. The standard InChI is InChI=1S/C24H21F3NOP/c1-23(2)16-29-22(28-23)19-14-9-15-20(24(25,26)27)21(19)30(17-10-5-3-6-11-17)18-12-7-4-8-13-18/h3-15H,16H2,1-2H3. The Bertz CT molecular complexity index is 1020. The van der Waals surface area contributed by atoms with Crippen LogP contribution >= 0.6 is 7.92 Å². The Hall–Kier alpha value is -2.65. The number of hydrogen-bond acceptors (Lipinski definition) is 2. The van der Waals surface area contributed by atoms with Crippen molar-refractivity contribution in [1.29, 1.82) is 0 Å². The summed E-state index contributed by atoms with van der Waals surface area (Å²) >= 11 is 0. The van der Waals surface area contributed by atoms with E-state index < -0.39 is 25.2 Å². The molecule has 0 aromatic heterocycles. The molecule has 0 aliphatic carbocycles. The van der Waals surface area contributed by atoms with Crippen LogP contribution in [-0.4, -0.2) is 18.0 Å². The quantitative estimate of drug-likeness (QED) is 0.536. The van der Waals surface area contributed by atoms with Crippen molar-refractivity contribution in [2.45, 2.75) is 25.6 Å². The number of nitrogens with zero attached hydrogens (tertiary/aromatic N) is 1. The van der Waals surface area contributed by atoms with Gasteiger partial charge in [-0.3, -0.25) is 0 Å². The summed E-state index contributed by atoms with van der Waals surface area (Å²) in [6, 6.07) is 23.0. The molecule has 0 fully saturated rings. The lowest BCUT2D eigenvalue weighted by Crippen LogP contribution is -2.31. The van der Waals surface area contributed by atoms with E-state index in [-0.39, 0.29) is 11.2 Å². The molecule has 0 unspecified atom stereocenters. The summed E-state index contributed by atoms with van der Waals surface area (Å²) in [6.07, 6.45) is -4.50. The molecular formula is C24H21F3NOP. The van der Waals surface area contributed by atoms with Crippen molar-refractivity contribution in [2.75, 3.05) is 6.61 Å². The minimum absolute atomic E-state index is 0.230. The Kier molecular flexibility index (Phi) is 5.42.